The van der Waals surface area contributed by atoms with Gasteiger partial charge in [-0.15, -0.1) is 0 Å². The number of aliphatic imine (C=N–C) groups is 1. The number of halogens is 2. The molecule has 2 heterocycles. The molecule has 0 saturated heterocycles. The Kier molecular flexibility index (Phi) is 6.98. The lowest BCUT2D eigenvalue weighted by Gasteiger charge is -2.34. The number of ether oxygens (including phenoxy) is 2. The predicted molar refractivity (Wildman–Crippen MR) is 120 cm³/mol. The smallest absolute Gasteiger partial charge is 0.239 e. The van der Waals surface area contributed by atoms with E-state index in [4.69, 9.17) is 15.2 Å². The second kappa shape index (κ2) is 9.40. The normalized spacial score (nSPS) is 21.5. The summed E-state index contributed by atoms with van der Waals surface area (Å²) in [7, 11) is -0.970. The SMILES string of the molecule is COC(C)COc1cnc(/C(F)=C/c2ccc(F)c(C3(C)CS(=O)(=O)N(C)C(N)=N3)c2)cn1. The van der Waals surface area contributed by atoms with Crippen LogP contribution in [0, 0.1) is 5.82 Å². The highest BCUT2D eigenvalue weighted by molar-refractivity contribution is 7.89. The predicted octanol–water partition coefficient (Wildman–Crippen LogP) is 2.30. The van der Waals surface area contributed by atoms with Crippen LogP contribution in [-0.2, 0) is 20.3 Å². The van der Waals surface area contributed by atoms with Crippen molar-refractivity contribution in [3.63, 3.8) is 0 Å². The minimum absolute atomic E-state index is 0.0224. The molecular weight excluding hydrogens is 456 g/mol. The maximum Gasteiger partial charge on any atom is 0.239 e. The molecule has 0 amide bonds. The van der Waals surface area contributed by atoms with Gasteiger partial charge >= 0.3 is 0 Å². The molecule has 3 rings (SSSR count). The lowest BCUT2D eigenvalue weighted by molar-refractivity contribution is 0.0698. The maximum absolute atomic E-state index is 14.8. The van der Waals surface area contributed by atoms with Gasteiger partial charge in [-0.25, -0.2) is 36.5 Å². The van der Waals surface area contributed by atoms with E-state index in [9.17, 15) is 17.2 Å². The zero-order chi connectivity index (χ0) is 24.4. The number of nitrogens with zero attached hydrogens (tertiary/aromatic N) is 4. The van der Waals surface area contributed by atoms with E-state index in [0.717, 1.165) is 16.4 Å². The Labute approximate surface area is 191 Å². The summed E-state index contributed by atoms with van der Waals surface area (Å²) in [5, 5.41) is 0. The van der Waals surface area contributed by atoms with Crippen molar-refractivity contribution in [1.29, 1.82) is 0 Å². The van der Waals surface area contributed by atoms with Crippen LogP contribution in [0.25, 0.3) is 11.9 Å². The van der Waals surface area contributed by atoms with E-state index < -0.39 is 33.0 Å². The van der Waals surface area contributed by atoms with Crippen molar-refractivity contribution in [2.24, 2.45) is 10.7 Å². The van der Waals surface area contributed by atoms with E-state index in [-0.39, 0.29) is 41.4 Å². The van der Waals surface area contributed by atoms with Gasteiger partial charge in [-0.3, -0.25) is 0 Å². The van der Waals surface area contributed by atoms with Crippen LogP contribution in [0.1, 0.15) is 30.7 Å². The Bertz CT molecular complexity index is 1190. The number of sulfonamides is 1. The van der Waals surface area contributed by atoms with Crippen molar-refractivity contribution in [3.05, 3.63) is 53.2 Å². The zero-order valence-corrected chi connectivity index (χ0v) is 19.4. The zero-order valence-electron chi connectivity index (χ0n) is 18.6. The average Bonchev–Trinajstić information content (AvgIpc) is 2.77. The summed E-state index contributed by atoms with van der Waals surface area (Å²) in [4.78, 5) is 12.2. The second-order valence-corrected chi connectivity index (χ2v) is 9.80. The van der Waals surface area contributed by atoms with Crippen molar-refractivity contribution in [2.75, 3.05) is 26.5 Å². The molecule has 178 valence electrons. The molecule has 0 aliphatic carbocycles. The fourth-order valence-electron chi connectivity index (χ4n) is 3.14. The fraction of sp³-hybridized carbons (Fsp3) is 0.381. The van der Waals surface area contributed by atoms with E-state index in [0.29, 0.717) is 0 Å². The molecule has 1 aliphatic heterocycles. The van der Waals surface area contributed by atoms with Gasteiger partial charge in [0.15, 0.2) is 5.83 Å². The molecule has 2 unspecified atom stereocenters. The van der Waals surface area contributed by atoms with E-state index in [1.165, 1.54) is 38.5 Å². The molecule has 0 bridgehead atoms. The molecule has 2 aromatic rings. The molecule has 1 aromatic carbocycles. The first-order valence-corrected chi connectivity index (χ1v) is 11.5. The van der Waals surface area contributed by atoms with Gasteiger partial charge in [-0.1, -0.05) is 6.07 Å². The number of rotatable bonds is 7. The van der Waals surface area contributed by atoms with Gasteiger partial charge in [0.05, 0.1) is 24.3 Å². The van der Waals surface area contributed by atoms with Gasteiger partial charge in [-0.05, 0) is 37.6 Å². The van der Waals surface area contributed by atoms with Crippen LogP contribution in [0.3, 0.4) is 0 Å². The molecule has 33 heavy (non-hydrogen) atoms. The topological polar surface area (TPSA) is 120 Å². The summed E-state index contributed by atoms with van der Waals surface area (Å²) < 4.78 is 65.6. The lowest BCUT2D eigenvalue weighted by Crippen LogP contribution is -2.50. The van der Waals surface area contributed by atoms with Gasteiger partial charge < -0.3 is 15.2 Å². The van der Waals surface area contributed by atoms with Gasteiger partial charge in [0, 0.05) is 19.7 Å². The number of hydrogen-bond acceptors (Lipinski definition) is 8. The highest BCUT2D eigenvalue weighted by atomic mass is 32.2. The first kappa shape index (κ1) is 24.5. The highest BCUT2D eigenvalue weighted by Crippen LogP contribution is 2.34. The lowest BCUT2D eigenvalue weighted by atomic mass is 9.92. The Morgan fingerprint density at radius 1 is 1.36 bits per heavy atom. The van der Waals surface area contributed by atoms with Gasteiger partial charge in [0.2, 0.25) is 21.9 Å². The van der Waals surface area contributed by atoms with Gasteiger partial charge in [-0.2, -0.15) is 0 Å². The Morgan fingerprint density at radius 2 is 2.09 bits per heavy atom. The van der Waals surface area contributed by atoms with E-state index >= 15 is 0 Å². The maximum atomic E-state index is 14.8. The number of methoxy groups -OCH3 is 1. The summed E-state index contributed by atoms with van der Waals surface area (Å²) in [6.45, 7) is 3.54. The van der Waals surface area contributed by atoms with Crippen molar-refractivity contribution >= 4 is 27.9 Å². The Hall–Kier alpha value is -3.12. The Balaban J connectivity index is 1.88. The van der Waals surface area contributed by atoms with Crippen molar-refractivity contribution < 1.29 is 26.7 Å². The summed E-state index contributed by atoms with van der Waals surface area (Å²) in [6.07, 6.45) is 3.49. The van der Waals surface area contributed by atoms with Crippen molar-refractivity contribution in [3.8, 4) is 5.88 Å². The molecule has 2 N–H and O–H groups in total. The summed E-state index contributed by atoms with van der Waals surface area (Å²) in [5.41, 5.74) is 4.47. The molecule has 9 nitrogen and oxygen atoms in total. The molecule has 2 atom stereocenters. The first-order chi connectivity index (χ1) is 15.4. The van der Waals surface area contributed by atoms with Gasteiger partial charge in [0.1, 0.15) is 23.7 Å². The van der Waals surface area contributed by atoms with Crippen molar-refractivity contribution in [2.45, 2.75) is 25.5 Å². The van der Waals surface area contributed by atoms with Crippen LogP contribution in [0.4, 0.5) is 8.78 Å². The van der Waals surface area contributed by atoms with Crippen molar-refractivity contribution in [1.82, 2.24) is 14.3 Å². The van der Waals surface area contributed by atoms with E-state index in [1.807, 2.05) is 6.92 Å². The molecule has 12 heteroatoms. The molecule has 0 radical (unpaired) electrons. The number of nitrogens with two attached hydrogens (primary N) is 1. The highest BCUT2D eigenvalue weighted by Gasteiger charge is 2.41. The largest absolute Gasteiger partial charge is 0.474 e. The molecule has 0 fully saturated rings. The molecule has 1 aromatic heterocycles. The second-order valence-electron chi connectivity index (χ2n) is 7.80. The first-order valence-electron chi connectivity index (χ1n) is 9.92. The third kappa shape index (κ3) is 5.45. The van der Waals surface area contributed by atoms with Crippen LogP contribution in [0.2, 0.25) is 0 Å². The number of guanidine groups is 1. The quantitative estimate of drug-likeness (QED) is 0.644. The molecular formula is C21H25F2N5O4S. The average molecular weight is 482 g/mol. The van der Waals surface area contributed by atoms with Gasteiger partial charge in [0.25, 0.3) is 0 Å². The number of benzene rings is 1. The minimum atomic E-state index is -3.79. The van der Waals surface area contributed by atoms with E-state index in [2.05, 4.69) is 15.0 Å². The fourth-order valence-corrected chi connectivity index (χ4v) is 4.59. The third-order valence-electron chi connectivity index (χ3n) is 5.17. The third-order valence-corrected chi connectivity index (χ3v) is 7.12. The van der Waals surface area contributed by atoms with Crippen LogP contribution >= 0.6 is 0 Å². The summed E-state index contributed by atoms with van der Waals surface area (Å²) in [6, 6.07) is 3.81. The Morgan fingerprint density at radius 3 is 2.70 bits per heavy atom. The van der Waals surface area contributed by atoms with Crippen LogP contribution in [0.15, 0.2) is 35.6 Å². The molecule has 0 saturated carbocycles. The number of aromatic nitrogens is 2. The van der Waals surface area contributed by atoms with E-state index in [1.54, 1.807) is 7.11 Å². The van der Waals surface area contributed by atoms with Crippen LogP contribution < -0.4 is 10.5 Å². The van der Waals surface area contributed by atoms with Crippen LogP contribution in [-0.4, -0.2) is 61.3 Å². The molecule has 0 spiro atoms. The summed E-state index contributed by atoms with van der Waals surface area (Å²) >= 11 is 0. The van der Waals surface area contributed by atoms with Crippen LogP contribution in [0.5, 0.6) is 5.88 Å². The summed E-state index contributed by atoms with van der Waals surface area (Å²) in [5.74, 6) is -1.93. The monoisotopic (exact) mass is 481 g/mol. The number of hydrogen-bond donors (Lipinski definition) is 1. The molecule has 1 aliphatic rings. The minimum Gasteiger partial charge on any atom is -0.474 e. The standard InChI is InChI=1S/C21H25F2N5O4S/c1-13(31-4)11-32-19-10-25-18(9-26-19)17(23)8-14-5-6-16(22)15(7-14)21(2)12-33(29,30)28(3)20(24)27-21/h5-10,13H,11-12H2,1-4H3,(H2,24,27)/b17-8-.